The molecule has 2 N–H and O–H groups in total. The molecule has 1 atom stereocenters. The summed E-state index contributed by atoms with van der Waals surface area (Å²) in [5.41, 5.74) is 0. The van der Waals surface area contributed by atoms with E-state index < -0.39 is 0 Å². The van der Waals surface area contributed by atoms with Crippen molar-refractivity contribution in [2.45, 2.75) is 31.9 Å². The zero-order chi connectivity index (χ0) is 14.3. The van der Waals surface area contributed by atoms with E-state index in [0.29, 0.717) is 24.2 Å². The molecule has 1 fully saturated rings. The molecule has 1 aliphatic rings. The molecule has 1 rings (SSSR count). The first-order chi connectivity index (χ1) is 9.02. The predicted molar refractivity (Wildman–Crippen MR) is 79.1 cm³/mol. The molecule has 1 heterocycles. The number of amidine groups is 1. The number of nitrogens with zero attached hydrogens (tertiary/aromatic N) is 1. The summed E-state index contributed by atoms with van der Waals surface area (Å²) in [7, 11) is 0. The van der Waals surface area contributed by atoms with E-state index in [-0.39, 0.29) is 23.5 Å². The largest absolute Gasteiger partial charge is 0.356 e. The predicted octanol–water partition coefficient (Wildman–Crippen LogP) is 1.31. The molecular formula is C13H21N3O2S. The van der Waals surface area contributed by atoms with Crippen molar-refractivity contribution >= 4 is 28.7 Å². The van der Waals surface area contributed by atoms with Crippen molar-refractivity contribution in [3.8, 4) is 0 Å². The molecule has 0 radical (unpaired) electrons. The summed E-state index contributed by atoms with van der Waals surface area (Å²) in [4.78, 5) is 27.5. The Bertz CT molecular complexity index is 380. The Hall–Kier alpha value is -1.30. The molecular weight excluding hydrogens is 262 g/mol. The maximum Gasteiger partial charge on any atom is 0.240 e. The maximum atomic E-state index is 11.7. The van der Waals surface area contributed by atoms with Gasteiger partial charge in [0, 0.05) is 13.0 Å². The van der Waals surface area contributed by atoms with Crippen molar-refractivity contribution in [1.29, 1.82) is 0 Å². The second-order valence-corrected chi connectivity index (χ2v) is 5.96. The summed E-state index contributed by atoms with van der Waals surface area (Å²) in [5.74, 6) is 0.326. The summed E-state index contributed by atoms with van der Waals surface area (Å²) in [5, 5.41) is 5.70. The first kappa shape index (κ1) is 15.8. The molecule has 0 aromatic rings. The minimum absolute atomic E-state index is 0.0849. The molecule has 2 amide bonds. The van der Waals surface area contributed by atoms with Crippen molar-refractivity contribution in [1.82, 2.24) is 10.6 Å². The van der Waals surface area contributed by atoms with Gasteiger partial charge in [-0.1, -0.05) is 31.7 Å². The smallest absolute Gasteiger partial charge is 0.240 e. The highest BCUT2D eigenvalue weighted by atomic mass is 32.2. The highest BCUT2D eigenvalue weighted by molar-refractivity contribution is 8.15. The van der Waals surface area contributed by atoms with Gasteiger partial charge in [0.25, 0.3) is 0 Å². The second-order valence-electron chi connectivity index (χ2n) is 4.77. The molecule has 0 bridgehead atoms. The number of carbonyl (C=O) groups excluding carboxylic acids is 2. The van der Waals surface area contributed by atoms with Crippen molar-refractivity contribution in [2.24, 2.45) is 10.9 Å². The minimum atomic E-state index is -0.373. The number of hydrogen-bond donors (Lipinski definition) is 2. The van der Waals surface area contributed by atoms with E-state index >= 15 is 0 Å². The van der Waals surface area contributed by atoms with Gasteiger partial charge in [0.05, 0.1) is 6.54 Å². The standard InChI is InChI=1S/C13H21N3O2S/c1-4-6-15-13-16-12(18)10(19-13)8-11(17)14-7-5-9(2)3/h4,9-10H,1,5-8H2,2-3H3,(H,14,17)(H,15,16,18)/t10-/m0/s1. The lowest BCUT2D eigenvalue weighted by molar-refractivity contribution is -0.125. The van der Waals surface area contributed by atoms with Crippen LogP contribution in [-0.4, -0.2) is 35.3 Å². The number of nitrogens with one attached hydrogen (secondary N) is 2. The van der Waals surface area contributed by atoms with Gasteiger partial charge >= 0.3 is 0 Å². The fourth-order valence-electron chi connectivity index (χ4n) is 1.50. The van der Waals surface area contributed by atoms with E-state index in [0.717, 1.165) is 6.42 Å². The van der Waals surface area contributed by atoms with E-state index in [1.54, 1.807) is 6.08 Å². The van der Waals surface area contributed by atoms with Crippen LogP contribution in [0.25, 0.3) is 0 Å². The average molecular weight is 283 g/mol. The van der Waals surface area contributed by atoms with Gasteiger partial charge in [0.15, 0.2) is 5.17 Å². The number of carbonyl (C=O) groups is 2. The molecule has 106 valence electrons. The van der Waals surface area contributed by atoms with Gasteiger partial charge in [0.1, 0.15) is 5.25 Å². The van der Waals surface area contributed by atoms with Gasteiger partial charge < -0.3 is 10.6 Å². The van der Waals surface area contributed by atoms with Crippen LogP contribution >= 0.6 is 11.8 Å². The van der Waals surface area contributed by atoms with E-state index in [1.807, 2.05) is 0 Å². The highest BCUT2D eigenvalue weighted by Crippen LogP contribution is 2.22. The summed E-state index contributed by atoms with van der Waals surface area (Å²) in [6, 6.07) is 0. The lowest BCUT2D eigenvalue weighted by atomic mass is 10.1. The van der Waals surface area contributed by atoms with Crippen molar-refractivity contribution < 1.29 is 9.59 Å². The van der Waals surface area contributed by atoms with Gasteiger partial charge in [-0.15, -0.1) is 6.58 Å². The molecule has 6 heteroatoms. The monoisotopic (exact) mass is 283 g/mol. The summed E-state index contributed by atoms with van der Waals surface area (Å²) in [6.07, 6.45) is 2.80. The van der Waals surface area contributed by atoms with E-state index in [9.17, 15) is 9.59 Å². The van der Waals surface area contributed by atoms with Gasteiger partial charge in [-0.25, -0.2) is 0 Å². The molecule has 1 aliphatic heterocycles. The van der Waals surface area contributed by atoms with E-state index in [2.05, 4.69) is 36.1 Å². The molecule has 0 aromatic heterocycles. The maximum absolute atomic E-state index is 11.7. The first-order valence-electron chi connectivity index (χ1n) is 6.42. The van der Waals surface area contributed by atoms with Crippen molar-refractivity contribution in [2.75, 3.05) is 13.1 Å². The minimum Gasteiger partial charge on any atom is -0.356 e. The molecule has 0 saturated carbocycles. The van der Waals surface area contributed by atoms with Crippen LogP contribution in [0.3, 0.4) is 0 Å². The highest BCUT2D eigenvalue weighted by Gasteiger charge is 2.31. The topological polar surface area (TPSA) is 70.6 Å². The van der Waals surface area contributed by atoms with Crippen LogP contribution in [0.15, 0.2) is 17.6 Å². The van der Waals surface area contributed by atoms with Gasteiger partial charge in [-0.3, -0.25) is 14.6 Å². The summed E-state index contributed by atoms with van der Waals surface area (Å²) < 4.78 is 0. The third kappa shape index (κ3) is 5.92. The zero-order valence-corrected chi connectivity index (χ0v) is 12.3. The summed E-state index contributed by atoms with van der Waals surface area (Å²) in [6.45, 7) is 8.90. The van der Waals surface area contributed by atoms with Crippen LogP contribution in [0.1, 0.15) is 26.7 Å². The Labute approximate surface area is 118 Å². The fourth-order valence-corrected chi connectivity index (χ4v) is 2.48. The normalized spacial score (nSPS) is 20.7. The van der Waals surface area contributed by atoms with Gasteiger partial charge in [0.2, 0.25) is 11.8 Å². The summed E-state index contributed by atoms with van der Waals surface area (Å²) >= 11 is 1.31. The Kier molecular flexibility index (Phi) is 6.62. The van der Waals surface area contributed by atoms with Crippen molar-refractivity contribution in [3.05, 3.63) is 12.7 Å². The lowest BCUT2D eigenvalue weighted by Gasteiger charge is -2.08. The molecule has 19 heavy (non-hydrogen) atoms. The third-order valence-electron chi connectivity index (χ3n) is 2.56. The van der Waals surface area contributed by atoms with Gasteiger partial charge in [-0.05, 0) is 12.3 Å². The third-order valence-corrected chi connectivity index (χ3v) is 3.67. The molecule has 1 saturated heterocycles. The number of hydrogen-bond acceptors (Lipinski definition) is 4. The number of aliphatic imine (C=N–C) groups is 1. The average Bonchev–Trinajstić information content (AvgIpc) is 2.67. The van der Waals surface area contributed by atoms with Crippen LogP contribution in [-0.2, 0) is 9.59 Å². The second kappa shape index (κ2) is 7.99. The molecule has 0 aromatic carbocycles. The number of rotatable bonds is 7. The van der Waals surface area contributed by atoms with Crippen LogP contribution in [0, 0.1) is 5.92 Å². The number of amides is 2. The van der Waals surface area contributed by atoms with E-state index in [1.165, 1.54) is 11.8 Å². The Balaban J connectivity index is 2.34. The molecule has 0 spiro atoms. The molecule has 0 aliphatic carbocycles. The zero-order valence-electron chi connectivity index (χ0n) is 11.4. The SMILES string of the molecule is C=CCN=C1NC(=O)[C@H](CC(=O)NCCC(C)C)S1. The lowest BCUT2D eigenvalue weighted by Crippen LogP contribution is -2.32. The molecule has 0 unspecified atom stereocenters. The number of thioether (sulfide) groups is 1. The van der Waals surface area contributed by atoms with E-state index in [4.69, 9.17) is 0 Å². The fraction of sp³-hybridized carbons (Fsp3) is 0.615. The van der Waals surface area contributed by atoms with Crippen molar-refractivity contribution in [3.63, 3.8) is 0 Å². The Morgan fingerprint density at radius 2 is 2.37 bits per heavy atom. The van der Waals surface area contributed by atoms with Gasteiger partial charge in [-0.2, -0.15) is 0 Å². The van der Waals surface area contributed by atoms with Crippen LogP contribution in [0.4, 0.5) is 0 Å². The van der Waals surface area contributed by atoms with Crippen LogP contribution in [0.2, 0.25) is 0 Å². The Morgan fingerprint density at radius 1 is 1.63 bits per heavy atom. The van der Waals surface area contributed by atoms with Crippen LogP contribution in [0.5, 0.6) is 0 Å². The quantitative estimate of drug-likeness (QED) is 0.692. The first-order valence-corrected chi connectivity index (χ1v) is 7.30. The molecule has 5 nitrogen and oxygen atoms in total. The Morgan fingerprint density at radius 3 is 3.00 bits per heavy atom. The van der Waals surface area contributed by atoms with Crippen LogP contribution < -0.4 is 10.6 Å².